The molecule has 1 unspecified atom stereocenters. The van der Waals surface area contributed by atoms with Crippen LogP contribution in [-0.4, -0.2) is 27.6 Å². The SMILES string of the molecule is CC(C)CC(CNc1ncnc2sccc12)CC(=O)O. The summed E-state index contributed by atoms with van der Waals surface area (Å²) in [6, 6.07) is 1.98. The second kappa shape index (κ2) is 6.65. The molecule has 5 nitrogen and oxygen atoms in total. The number of anilines is 1. The minimum Gasteiger partial charge on any atom is -0.481 e. The zero-order valence-corrected chi connectivity index (χ0v) is 12.5. The molecule has 0 amide bonds. The molecular formula is C14H19N3O2S. The zero-order chi connectivity index (χ0) is 14.5. The maximum atomic E-state index is 10.9. The van der Waals surface area contributed by atoms with Crippen LogP contribution in [0.15, 0.2) is 17.8 Å². The highest BCUT2D eigenvalue weighted by Crippen LogP contribution is 2.24. The summed E-state index contributed by atoms with van der Waals surface area (Å²) in [5.74, 6) is 0.625. The minimum absolute atomic E-state index is 0.108. The molecule has 2 rings (SSSR count). The Bertz CT molecular complexity index is 583. The van der Waals surface area contributed by atoms with E-state index in [4.69, 9.17) is 5.11 Å². The molecule has 0 radical (unpaired) electrons. The fourth-order valence-electron chi connectivity index (χ4n) is 2.32. The fourth-order valence-corrected chi connectivity index (χ4v) is 3.06. The Labute approximate surface area is 122 Å². The first-order valence-corrected chi connectivity index (χ1v) is 7.58. The summed E-state index contributed by atoms with van der Waals surface area (Å²) in [5, 5.41) is 15.2. The lowest BCUT2D eigenvalue weighted by atomic mass is 9.94. The molecule has 2 N–H and O–H groups in total. The third-order valence-corrected chi connectivity index (χ3v) is 3.91. The number of rotatable bonds is 7. The number of carboxylic acid groups (broad SMARTS) is 1. The first-order chi connectivity index (χ1) is 9.56. The van der Waals surface area contributed by atoms with Crippen molar-refractivity contribution in [2.75, 3.05) is 11.9 Å². The molecular weight excluding hydrogens is 274 g/mol. The lowest BCUT2D eigenvalue weighted by Crippen LogP contribution is -2.20. The van der Waals surface area contributed by atoms with Gasteiger partial charge in [0.1, 0.15) is 17.0 Å². The number of thiophene rings is 1. The molecule has 0 fully saturated rings. The summed E-state index contributed by atoms with van der Waals surface area (Å²) in [5.41, 5.74) is 0. The van der Waals surface area contributed by atoms with E-state index < -0.39 is 5.97 Å². The molecule has 2 aromatic rings. The Morgan fingerprint density at radius 3 is 2.95 bits per heavy atom. The molecule has 20 heavy (non-hydrogen) atoms. The molecule has 108 valence electrons. The molecule has 2 heterocycles. The van der Waals surface area contributed by atoms with Crippen molar-refractivity contribution in [3.05, 3.63) is 17.8 Å². The van der Waals surface area contributed by atoms with Crippen LogP contribution in [0.1, 0.15) is 26.7 Å². The van der Waals surface area contributed by atoms with Gasteiger partial charge in [-0.05, 0) is 29.7 Å². The molecule has 2 aromatic heterocycles. The predicted octanol–water partition coefficient (Wildman–Crippen LogP) is 3.24. The lowest BCUT2D eigenvalue weighted by molar-refractivity contribution is -0.138. The predicted molar refractivity (Wildman–Crippen MR) is 81.1 cm³/mol. The number of hydrogen-bond donors (Lipinski definition) is 2. The maximum Gasteiger partial charge on any atom is 0.303 e. The van der Waals surface area contributed by atoms with Crippen LogP contribution in [0.5, 0.6) is 0 Å². The summed E-state index contributed by atoms with van der Waals surface area (Å²) in [6.07, 6.45) is 2.61. The summed E-state index contributed by atoms with van der Waals surface area (Å²) in [7, 11) is 0. The van der Waals surface area contributed by atoms with Crippen LogP contribution in [0.3, 0.4) is 0 Å². The van der Waals surface area contributed by atoms with Gasteiger partial charge in [0, 0.05) is 13.0 Å². The minimum atomic E-state index is -0.749. The average molecular weight is 293 g/mol. The number of carboxylic acids is 1. The third kappa shape index (κ3) is 3.90. The van der Waals surface area contributed by atoms with Crippen LogP contribution in [0.2, 0.25) is 0 Å². The number of hydrogen-bond acceptors (Lipinski definition) is 5. The second-order valence-corrected chi connectivity index (χ2v) is 6.23. The molecule has 0 bridgehead atoms. The Morgan fingerprint density at radius 1 is 1.45 bits per heavy atom. The van der Waals surface area contributed by atoms with Gasteiger partial charge in [0.25, 0.3) is 0 Å². The van der Waals surface area contributed by atoms with Crippen LogP contribution < -0.4 is 5.32 Å². The topological polar surface area (TPSA) is 75.1 Å². The van der Waals surface area contributed by atoms with Gasteiger partial charge in [0.05, 0.1) is 5.39 Å². The normalized spacial score (nSPS) is 12.8. The van der Waals surface area contributed by atoms with Crippen molar-refractivity contribution in [1.82, 2.24) is 9.97 Å². The standard InChI is InChI=1S/C14H19N3O2S/c1-9(2)5-10(6-12(18)19)7-15-13-11-3-4-20-14(11)17-8-16-13/h3-4,8-10H,5-7H2,1-2H3,(H,18,19)(H,15,16,17). The molecule has 0 spiro atoms. The first kappa shape index (κ1) is 14.7. The molecule has 0 aliphatic carbocycles. The largest absolute Gasteiger partial charge is 0.481 e. The Kier molecular flexibility index (Phi) is 4.89. The van der Waals surface area contributed by atoms with Gasteiger partial charge in [-0.3, -0.25) is 4.79 Å². The highest BCUT2D eigenvalue weighted by atomic mass is 32.1. The third-order valence-electron chi connectivity index (χ3n) is 3.09. The molecule has 0 aliphatic heterocycles. The number of fused-ring (bicyclic) bond motifs is 1. The van der Waals surface area contributed by atoms with E-state index in [0.717, 1.165) is 22.5 Å². The van der Waals surface area contributed by atoms with Crippen molar-refractivity contribution in [3.8, 4) is 0 Å². The summed E-state index contributed by atoms with van der Waals surface area (Å²) in [6.45, 7) is 4.83. The van der Waals surface area contributed by atoms with Crippen molar-refractivity contribution < 1.29 is 9.90 Å². The van der Waals surface area contributed by atoms with Crippen LogP contribution in [0, 0.1) is 11.8 Å². The van der Waals surface area contributed by atoms with Gasteiger partial charge in [0.15, 0.2) is 0 Å². The van der Waals surface area contributed by atoms with E-state index in [1.54, 1.807) is 11.3 Å². The van der Waals surface area contributed by atoms with E-state index in [1.807, 2.05) is 11.4 Å². The van der Waals surface area contributed by atoms with Crippen LogP contribution >= 0.6 is 11.3 Å². The first-order valence-electron chi connectivity index (χ1n) is 6.70. The highest BCUT2D eigenvalue weighted by Gasteiger charge is 2.15. The van der Waals surface area contributed by atoms with Gasteiger partial charge in [-0.1, -0.05) is 13.8 Å². The Morgan fingerprint density at radius 2 is 2.25 bits per heavy atom. The number of carbonyl (C=O) groups is 1. The number of aliphatic carboxylic acids is 1. The van der Waals surface area contributed by atoms with E-state index in [9.17, 15) is 4.79 Å². The van der Waals surface area contributed by atoms with Gasteiger partial charge in [0.2, 0.25) is 0 Å². The van der Waals surface area contributed by atoms with Crippen LogP contribution in [0.4, 0.5) is 5.82 Å². The van der Waals surface area contributed by atoms with Crippen molar-refractivity contribution in [1.29, 1.82) is 0 Å². The van der Waals surface area contributed by atoms with Gasteiger partial charge in [-0.15, -0.1) is 11.3 Å². The molecule has 0 aliphatic rings. The Balaban J connectivity index is 2.04. The summed E-state index contributed by atoms with van der Waals surface area (Å²) in [4.78, 5) is 20.3. The van der Waals surface area contributed by atoms with Crippen LogP contribution in [-0.2, 0) is 4.79 Å². The molecule has 6 heteroatoms. The van der Waals surface area contributed by atoms with E-state index in [2.05, 4.69) is 29.1 Å². The van der Waals surface area contributed by atoms with Gasteiger partial charge in [-0.25, -0.2) is 9.97 Å². The van der Waals surface area contributed by atoms with Crippen molar-refractivity contribution in [3.63, 3.8) is 0 Å². The molecule has 0 aromatic carbocycles. The Hall–Kier alpha value is -1.69. The highest BCUT2D eigenvalue weighted by molar-refractivity contribution is 7.16. The average Bonchev–Trinajstić information content (AvgIpc) is 2.83. The van der Waals surface area contributed by atoms with Crippen molar-refractivity contribution in [2.24, 2.45) is 11.8 Å². The molecule has 0 saturated carbocycles. The summed E-state index contributed by atoms with van der Waals surface area (Å²) < 4.78 is 0. The fraction of sp³-hybridized carbons (Fsp3) is 0.500. The second-order valence-electron chi connectivity index (χ2n) is 5.34. The van der Waals surface area contributed by atoms with Crippen molar-refractivity contribution in [2.45, 2.75) is 26.7 Å². The van der Waals surface area contributed by atoms with Crippen LogP contribution in [0.25, 0.3) is 10.2 Å². The number of aromatic nitrogens is 2. The van der Waals surface area contributed by atoms with Gasteiger partial charge in [-0.2, -0.15) is 0 Å². The van der Waals surface area contributed by atoms with E-state index in [1.165, 1.54) is 6.33 Å². The number of nitrogens with zero attached hydrogens (tertiary/aromatic N) is 2. The number of nitrogens with one attached hydrogen (secondary N) is 1. The quantitative estimate of drug-likeness (QED) is 0.819. The summed E-state index contributed by atoms with van der Waals surface area (Å²) >= 11 is 1.57. The van der Waals surface area contributed by atoms with E-state index in [-0.39, 0.29) is 12.3 Å². The monoisotopic (exact) mass is 293 g/mol. The van der Waals surface area contributed by atoms with Gasteiger partial charge >= 0.3 is 5.97 Å². The van der Waals surface area contributed by atoms with Crippen molar-refractivity contribution >= 4 is 33.3 Å². The lowest BCUT2D eigenvalue weighted by Gasteiger charge is -2.18. The molecule has 1 atom stereocenters. The van der Waals surface area contributed by atoms with E-state index in [0.29, 0.717) is 12.5 Å². The molecule has 0 saturated heterocycles. The van der Waals surface area contributed by atoms with E-state index >= 15 is 0 Å². The maximum absolute atomic E-state index is 10.9. The smallest absolute Gasteiger partial charge is 0.303 e. The zero-order valence-electron chi connectivity index (χ0n) is 11.7. The van der Waals surface area contributed by atoms with Gasteiger partial charge < -0.3 is 10.4 Å².